The fourth-order valence-electron chi connectivity index (χ4n) is 2.73. The van der Waals surface area contributed by atoms with Crippen LogP contribution in [0.1, 0.15) is 0 Å². The Kier molecular flexibility index (Phi) is 5.73. The van der Waals surface area contributed by atoms with Crippen LogP contribution >= 0.6 is 23.4 Å². The Hall–Kier alpha value is -3.30. The lowest BCUT2D eigenvalue weighted by atomic mass is 10.2. The number of carbonyl (C=O) groups excluding carboxylic acids is 1. The van der Waals surface area contributed by atoms with Crippen LogP contribution in [0.5, 0.6) is 5.75 Å². The lowest BCUT2D eigenvalue weighted by Crippen LogP contribution is -2.15. The first-order valence-corrected chi connectivity index (χ1v) is 10.2. The number of aromatic nitrogens is 4. The predicted octanol–water partition coefficient (Wildman–Crippen LogP) is 3.48. The summed E-state index contributed by atoms with van der Waals surface area (Å²) in [5.74, 6) is 0.967. The van der Waals surface area contributed by atoms with Gasteiger partial charge in [0, 0.05) is 11.6 Å². The van der Waals surface area contributed by atoms with E-state index in [2.05, 4.69) is 20.4 Å². The molecule has 30 heavy (non-hydrogen) atoms. The van der Waals surface area contributed by atoms with E-state index in [1.807, 2.05) is 12.1 Å². The highest BCUT2D eigenvalue weighted by molar-refractivity contribution is 7.99. The van der Waals surface area contributed by atoms with Gasteiger partial charge in [0.05, 0.1) is 23.6 Å². The zero-order valence-corrected chi connectivity index (χ0v) is 17.3. The Morgan fingerprint density at radius 1 is 1.20 bits per heavy atom. The molecule has 0 spiro atoms. The minimum absolute atomic E-state index is 0.0690. The van der Waals surface area contributed by atoms with Crippen molar-refractivity contribution in [2.45, 2.75) is 5.16 Å². The lowest BCUT2D eigenvalue weighted by Gasteiger charge is -2.09. The summed E-state index contributed by atoms with van der Waals surface area (Å²) in [6, 6.07) is 15.6. The van der Waals surface area contributed by atoms with Crippen LogP contribution < -0.4 is 15.6 Å². The number of benzene rings is 2. The Balaban J connectivity index is 1.60. The second-order valence-electron chi connectivity index (χ2n) is 6.19. The molecule has 4 rings (SSSR count). The van der Waals surface area contributed by atoms with Crippen LogP contribution in [-0.2, 0) is 4.79 Å². The third kappa shape index (κ3) is 4.32. The number of para-hydroxylation sites is 1. The van der Waals surface area contributed by atoms with Crippen molar-refractivity contribution in [1.82, 2.24) is 19.6 Å². The standard InChI is InChI=1S/C20H16ClN5O3S/c1-29-13-8-6-12(7-9-13)19-23-16-10-17(27)25-26(16)20(24-19)30-11-18(28)22-15-5-3-2-4-14(15)21/h2-10H,11H2,1H3,(H,22,28)(H,25,27). The average Bonchev–Trinajstić information content (AvgIpc) is 3.14. The number of amides is 1. The number of aromatic amines is 1. The number of hydrogen-bond donors (Lipinski definition) is 2. The minimum atomic E-state index is -0.307. The quantitative estimate of drug-likeness (QED) is 0.444. The van der Waals surface area contributed by atoms with Crippen LogP contribution in [0.2, 0.25) is 5.02 Å². The van der Waals surface area contributed by atoms with E-state index in [0.29, 0.717) is 33.1 Å². The van der Waals surface area contributed by atoms with Gasteiger partial charge in [-0.05, 0) is 36.4 Å². The molecule has 0 aliphatic rings. The molecule has 2 aromatic carbocycles. The number of ether oxygens (including phenoxy) is 1. The molecule has 0 aliphatic carbocycles. The molecular weight excluding hydrogens is 426 g/mol. The zero-order chi connectivity index (χ0) is 21.1. The van der Waals surface area contributed by atoms with E-state index in [9.17, 15) is 9.59 Å². The second kappa shape index (κ2) is 8.60. The average molecular weight is 442 g/mol. The number of fused-ring (bicyclic) bond motifs is 1. The van der Waals surface area contributed by atoms with Crippen LogP contribution in [0.15, 0.2) is 64.5 Å². The van der Waals surface area contributed by atoms with E-state index in [1.165, 1.54) is 22.3 Å². The molecule has 0 unspecified atom stereocenters. The number of hydrogen-bond acceptors (Lipinski definition) is 6. The molecule has 2 aromatic heterocycles. The van der Waals surface area contributed by atoms with Crippen molar-refractivity contribution in [3.05, 3.63) is 70.0 Å². The number of H-pyrrole nitrogens is 1. The number of halogens is 1. The smallest absolute Gasteiger partial charge is 0.266 e. The number of nitrogens with zero attached hydrogens (tertiary/aromatic N) is 3. The summed E-state index contributed by atoms with van der Waals surface area (Å²) < 4.78 is 6.64. The van der Waals surface area contributed by atoms with E-state index in [-0.39, 0.29) is 17.2 Å². The summed E-state index contributed by atoms with van der Waals surface area (Å²) in [5, 5.41) is 6.30. The number of anilines is 1. The van der Waals surface area contributed by atoms with E-state index < -0.39 is 0 Å². The molecule has 152 valence electrons. The van der Waals surface area contributed by atoms with E-state index in [4.69, 9.17) is 16.3 Å². The minimum Gasteiger partial charge on any atom is -0.497 e. The Morgan fingerprint density at radius 2 is 1.97 bits per heavy atom. The molecule has 0 fully saturated rings. The molecule has 10 heteroatoms. The van der Waals surface area contributed by atoms with Gasteiger partial charge in [-0.3, -0.25) is 14.7 Å². The van der Waals surface area contributed by atoms with Crippen LogP contribution in [0.25, 0.3) is 17.0 Å². The fraction of sp³-hybridized carbons (Fsp3) is 0.100. The van der Waals surface area contributed by atoms with Crippen molar-refractivity contribution in [2.24, 2.45) is 0 Å². The molecular formula is C20H16ClN5O3S. The predicted molar refractivity (Wildman–Crippen MR) is 116 cm³/mol. The second-order valence-corrected chi connectivity index (χ2v) is 7.54. The van der Waals surface area contributed by atoms with Gasteiger partial charge in [0.25, 0.3) is 5.56 Å². The number of methoxy groups -OCH3 is 1. The SMILES string of the molecule is COc1ccc(-c2nc(SCC(=O)Nc3ccccc3Cl)n3[nH]c(=O)cc3n2)cc1. The number of carbonyl (C=O) groups is 1. The van der Waals surface area contributed by atoms with Gasteiger partial charge in [-0.2, -0.15) is 0 Å². The first-order chi connectivity index (χ1) is 14.5. The van der Waals surface area contributed by atoms with Crippen LogP contribution in [-0.4, -0.2) is 38.4 Å². The first kappa shape index (κ1) is 20.0. The Bertz CT molecular complexity index is 1270. The first-order valence-electron chi connectivity index (χ1n) is 8.85. The normalized spacial score (nSPS) is 10.9. The monoisotopic (exact) mass is 441 g/mol. The zero-order valence-electron chi connectivity index (χ0n) is 15.8. The van der Waals surface area contributed by atoms with Crippen molar-refractivity contribution in [3.8, 4) is 17.1 Å². The number of rotatable bonds is 6. The lowest BCUT2D eigenvalue weighted by molar-refractivity contribution is -0.113. The molecule has 4 aromatic rings. The summed E-state index contributed by atoms with van der Waals surface area (Å²) >= 11 is 7.26. The van der Waals surface area contributed by atoms with Crippen molar-refractivity contribution in [3.63, 3.8) is 0 Å². The summed E-state index contributed by atoms with van der Waals surface area (Å²) in [6.07, 6.45) is 0. The summed E-state index contributed by atoms with van der Waals surface area (Å²) in [7, 11) is 1.59. The maximum absolute atomic E-state index is 12.4. The summed E-state index contributed by atoms with van der Waals surface area (Å²) in [4.78, 5) is 33.2. The van der Waals surface area contributed by atoms with Gasteiger partial charge in [-0.1, -0.05) is 35.5 Å². The van der Waals surface area contributed by atoms with E-state index in [0.717, 1.165) is 5.56 Å². The molecule has 1 amide bonds. The Labute approximate surface area is 180 Å². The fourth-order valence-corrected chi connectivity index (χ4v) is 3.66. The summed E-state index contributed by atoms with van der Waals surface area (Å²) in [5.41, 5.74) is 1.40. The maximum atomic E-state index is 12.4. The van der Waals surface area contributed by atoms with Gasteiger partial charge >= 0.3 is 0 Å². The molecule has 0 saturated carbocycles. The van der Waals surface area contributed by atoms with Crippen molar-refractivity contribution >= 4 is 40.6 Å². The topological polar surface area (TPSA) is 101 Å². The van der Waals surface area contributed by atoms with Crippen molar-refractivity contribution < 1.29 is 9.53 Å². The molecule has 0 aliphatic heterocycles. The molecule has 2 heterocycles. The third-order valence-electron chi connectivity index (χ3n) is 4.15. The third-order valence-corrected chi connectivity index (χ3v) is 5.42. The largest absolute Gasteiger partial charge is 0.497 e. The molecule has 0 bridgehead atoms. The van der Waals surface area contributed by atoms with E-state index in [1.54, 1.807) is 43.5 Å². The molecule has 2 N–H and O–H groups in total. The van der Waals surface area contributed by atoms with Gasteiger partial charge in [0.2, 0.25) is 5.91 Å². The summed E-state index contributed by atoms with van der Waals surface area (Å²) in [6.45, 7) is 0. The highest BCUT2D eigenvalue weighted by Gasteiger charge is 2.14. The molecule has 0 radical (unpaired) electrons. The van der Waals surface area contributed by atoms with E-state index >= 15 is 0 Å². The van der Waals surface area contributed by atoms with Crippen LogP contribution in [0.3, 0.4) is 0 Å². The van der Waals surface area contributed by atoms with Gasteiger partial charge in [-0.25, -0.2) is 14.5 Å². The Morgan fingerprint density at radius 3 is 2.70 bits per heavy atom. The van der Waals surface area contributed by atoms with Gasteiger partial charge in [-0.15, -0.1) is 0 Å². The number of nitrogens with one attached hydrogen (secondary N) is 2. The number of thioether (sulfide) groups is 1. The molecule has 0 atom stereocenters. The van der Waals surface area contributed by atoms with Gasteiger partial charge in [0.1, 0.15) is 5.75 Å². The van der Waals surface area contributed by atoms with Crippen LogP contribution in [0, 0.1) is 0 Å². The van der Waals surface area contributed by atoms with Crippen molar-refractivity contribution in [1.29, 1.82) is 0 Å². The molecule has 8 nitrogen and oxygen atoms in total. The van der Waals surface area contributed by atoms with Crippen molar-refractivity contribution in [2.75, 3.05) is 18.2 Å². The van der Waals surface area contributed by atoms with Crippen LogP contribution in [0.4, 0.5) is 5.69 Å². The van der Waals surface area contributed by atoms with Gasteiger partial charge in [0.15, 0.2) is 16.6 Å². The molecule has 0 saturated heterocycles. The maximum Gasteiger partial charge on any atom is 0.266 e. The van der Waals surface area contributed by atoms with Gasteiger partial charge < -0.3 is 10.1 Å². The highest BCUT2D eigenvalue weighted by atomic mass is 35.5. The highest BCUT2D eigenvalue weighted by Crippen LogP contribution is 2.24.